The number of nitrogens with zero attached hydrogens (tertiary/aromatic N) is 2. The van der Waals surface area contributed by atoms with Crippen LogP contribution in [0.1, 0.15) is 17.4 Å². The molecule has 3 heterocycles. The summed E-state index contributed by atoms with van der Waals surface area (Å²) in [6.45, 7) is 3.96. The van der Waals surface area contributed by atoms with E-state index >= 15 is 0 Å². The second-order valence-corrected chi connectivity index (χ2v) is 6.85. The molecule has 2 fully saturated rings. The first-order valence-electron chi connectivity index (χ1n) is 9.13. The molecule has 0 bridgehead atoms. The third-order valence-electron chi connectivity index (χ3n) is 5.29. The molecule has 3 unspecified atom stereocenters. The van der Waals surface area contributed by atoms with Gasteiger partial charge >= 0.3 is 12.1 Å². The Labute approximate surface area is 167 Å². The quantitative estimate of drug-likeness (QED) is 0.550. The number of furan rings is 1. The van der Waals surface area contributed by atoms with Crippen LogP contribution < -0.4 is 0 Å². The Morgan fingerprint density at radius 2 is 1.97 bits per heavy atom. The number of methoxy groups -OCH3 is 1. The van der Waals surface area contributed by atoms with Gasteiger partial charge in [-0.2, -0.15) is 0 Å². The minimum Gasteiger partial charge on any atom is -0.468 e. The van der Waals surface area contributed by atoms with Crippen LogP contribution >= 0.6 is 0 Å². The van der Waals surface area contributed by atoms with Gasteiger partial charge in [-0.15, -0.1) is 0 Å². The van der Waals surface area contributed by atoms with Gasteiger partial charge in [0.1, 0.15) is 25.0 Å². The molecule has 8 heteroatoms. The number of β-lactam (4-membered cyclic amide) rings is 1. The molecule has 1 aromatic heterocycles. The highest BCUT2D eigenvalue weighted by Gasteiger charge is 2.57. The Morgan fingerprint density at radius 3 is 2.62 bits per heavy atom. The molecule has 2 amide bonds. The van der Waals surface area contributed by atoms with Crippen LogP contribution in [0, 0.1) is 0 Å². The van der Waals surface area contributed by atoms with Crippen LogP contribution in [0.5, 0.6) is 0 Å². The average Bonchev–Trinajstić information content (AvgIpc) is 3.40. The van der Waals surface area contributed by atoms with Crippen molar-refractivity contribution in [2.75, 3.05) is 20.3 Å². The predicted octanol–water partition coefficient (Wildman–Crippen LogP) is 2.24. The number of hydrogen-bond donors (Lipinski definition) is 0. The normalized spacial score (nSPS) is 23.6. The fraction of sp³-hybridized carbons (Fsp3) is 0.286. The predicted molar refractivity (Wildman–Crippen MR) is 101 cm³/mol. The van der Waals surface area contributed by atoms with Crippen molar-refractivity contribution < 1.29 is 28.3 Å². The van der Waals surface area contributed by atoms with E-state index in [1.165, 1.54) is 23.2 Å². The molecule has 2 aliphatic heterocycles. The Bertz CT molecular complexity index is 939. The van der Waals surface area contributed by atoms with E-state index in [1.54, 1.807) is 12.1 Å². The number of hydrogen-bond acceptors (Lipinski definition) is 6. The van der Waals surface area contributed by atoms with Gasteiger partial charge in [0.05, 0.1) is 25.5 Å². The van der Waals surface area contributed by atoms with Crippen molar-refractivity contribution >= 4 is 23.5 Å². The van der Waals surface area contributed by atoms with E-state index < -0.39 is 30.2 Å². The van der Waals surface area contributed by atoms with E-state index in [-0.39, 0.29) is 19.1 Å². The third-order valence-corrected chi connectivity index (χ3v) is 5.29. The first kappa shape index (κ1) is 18.8. The van der Waals surface area contributed by atoms with E-state index in [4.69, 9.17) is 13.9 Å². The summed E-state index contributed by atoms with van der Waals surface area (Å²) in [6, 6.07) is 10.9. The van der Waals surface area contributed by atoms with Gasteiger partial charge in [0.25, 0.3) is 0 Å². The third kappa shape index (κ3) is 3.16. The number of rotatable bonds is 6. The van der Waals surface area contributed by atoms with Crippen molar-refractivity contribution in [2.45, 2.75) is 18.1 Å². The summed E-state index contributed by atoms with van der Waals surface area (Å²) in [4.78, 5) is 40.2. The van der Waals surface area contributed by atoms with Crippen LogP contribution in [0.25, 0.3) is 5.57 Å². The summed E-state index contributed by atoms with van der Waals surface area (Å²) in [6.07, 6.45) is 0.921. The lowest BCUT2D eigenvalue weighted by molar-refractivity contribution is -0.161. The maximum atomic E-state index is 13.0. The monoisotopic (exact) mass is 396 g/mol. The maximum absolute atomic E-state index is 13.0. The molecule has 1 aromatic carbocycles. The largest absolute Gasteiger partial charge is 0.468 e. The number of carbonyl (C=O) groups is 3. The van der Waals surface area contributed by atoms with Gasteiger partial charge < -0.3 is 18.8 Å². The molecule has 0 radical (unpaired) electrons. The van der Waals surface area contributed by atoms with Gasteiger partial charge in [0, 0.05) is 5.57 Å². The standard InChI is InChI=1S/C21H20N2O6/c1-13(16-9-6-10-28-16)18-19(20(25)22(18)11-17(24)27-2)23-15(12-29-21(23)26)14-7-4-3-5-8-14/h3-10,15,18-19H,1,11-12H2,2H3. The van der Waals surface area contributed by atoms with Crippen molar-refractivity contribution in [3.05, 3.63) is 66.6 Å². The Balaban J connectivity index is 1.68. The average molecular weight is 396 g/mol. The van der Waals surface area contributed by atoms with Crippen LogP contribution in [-0.4, -0.2) is 60.1 Å². The van der Waals surface area contributed by atoms with E-state index in [0.717, 1.165) is 5.56 Å². The van der Waals surface area contributed by atoms with Gasteiger partial charge in [-0.1, -0.05) is 36.9 Å². The fourth-order valence-corrected chi connectivity index (χ4v) is 3.84. The summed E-state index contributed by atoms with van der Waals surface area (Å²) in [7, 11) is 1.25. The number of esters is 1. The molecule has 29 heavy (non-hydrogen) atoms. The molecule has 0 saturated carbocycles. The highest BCUT2D eigenvalue weighted by atomic mass is 16.6. The van der Waals surface area contributed by atoms with E-state index in [1.807, 2.05) is 30.3 Å². The van der Waals surface area contributed by atoms with Crippen LogP contribution in [-0.2, 0) is 19.1 Å². The minimum atomic E-state index is -0.850. The van der Waals surface area contributed by atoms with E-state index in [2.05, 4.69) is 6.58 Å². The molecule has 4 rings (SSSR count). The molecule has 0 aliphatic carbocycles. The second kappa shape index (κ2) is 7.46. The zero-order chi connectivity index (χ0) is 20.5. The first-order valence-corrected chi connectivity index (χ1v) is 9.13. The zero-order valence-corrected chi connectivity index (χ0v) is 15.8. The Morgan fingerprint density at radius 1 is 1.21 bits per heavy atom. The fourth-order valence-electron chi connectivity index (χ4n) is 3.84. The topological polar surface area (TPSA) is 89.3 Å². The van der Waals surface area contributed by atoms with Gasteiger partial charge in [-0.3, -0.25) is 14.5 Å². The first-order chi connectivity index (χ1) is 14.0. The van der Waals surface area contributed by atoms with Crippen LogP contribution in [0.15, 0.2) is 59.7 Å². The molecular weight excluding hydrogens is 376 g/mol. The molecule has 0 spiro atoms. The molecule has 2 aromatic rings. The van der Waals surface area contributed by atoms with Crippen LogP contribution in [0.2, 0.25) is 0 Å². The second-order valence-electron chi connectivity index (χ2n) is 6.85. The SMILES string of the molecule is C=C(c1ccco1)C1C(N2C(=O)OCC2c2ccccc2)C(=O)N1CC(=O)OC. The molecule has 3 atom stereocenters. The highest BCUT2D eigenvalue weighted by molar-refractivity contribution is 5.99. The number of cyclic esters (lactones) is 1. The zero-order valence-electron chi connectivity index (χ0n) is 15.8. The van der Waals surface area contributed by atoms with Crippen molar-refractivity contribution in [3.8, 4) is 0 Å². The number of likely N-dealkylation sites (tertiary alicyclic amines) is 1. The minimum absolute atomic E-state index is 0.142. The number of benzene rings is 1. The molecule has 0 N–H and O–H groups in total. The summed E-state index contributed by atoms with van der Waals surface area (Å²) in [5.41, 5.74) is 1.36. The Kier molecular flexibility index (Phi) is 4.84. The van der Waals surface area contributed by atoms with Crippen molar-refractivity contribution in [3.63, 3.8) is 0 Å². The molecular formula is C21H20N2O6. The maximum Gasteiger partial charge on any atom is 0.411 e. The Hall–Kier alpha value is -3.55. The van der Waals surface area contributed by atoms with Crippen LogP contribution in [0.4, 0.5) is 4.79 Å². The van der Waals surface area contributed by atoms with Crippen molar-refractivity contribution in [1.29, 1.82) is 0 Å². The van der Waals surface area contributed by atoms with Gasteiger partial charge in [0.2, 0.25) is 5.91 Å². The number of carbonyl (C=O) groups excluding carboxylic acids is 3. The highest BCUT2D eigenvalue weighted by Crippen LogP contribution is 2.40. The lowest BCUT2D eigenvalue weighted by Crippen LogP contribution is -2.71. The lowest BCUT2D eigenvalue weighted by Gasteiger charge is -2.50. The summed E-state index contributed by atoms with van der Waals surface area (Å²) in [5, 5.41) is 0. The molecule has 2 aliphatic rings. The molecule has 8 nitrogen and oxygen atoms in total. The van der Waals surface area contributed by atoms with Gasteiger partial charge in [-0.25, -0.2) is 4.79 Å². The molecule has 150 valence electrons. The number of amides is 2. The van der Waals surface area contributed by atoms with E-state index in [9.17, 15) is 14.4 Å². The van der Waals surface area contributed by atoms with Gasteiger partial charge in [0.15, 0.2) is 0 Å². The van der Waals surface area contributed by atoms with Gasteiger partial charge in [-0.05, 0) is 17.7 Å². The number of ether oxygens (including phenoxy) is 2. The van der Waals surface area contributed by atoms with Crippen molar-refractivity contribution in [1.82, 2.24) is 9.80 Å². The van der Waals surface area contributed by atoms with Crippen molar-refractivity contribution in [2.24, 2.45) is 0 Å². The molecule has 2 saturated heterocycles. The summed E-state index contributed by atoms with van der Waals surface area (Å²) < 4.78 is 15.4. The lowest BCUT2D eigenvalue weighted by atomic mass is 9.85. The van der Waals surface area contributed by atoms with Crippen LogP contribution in [0.3, 0.4) is 0 Å². The summed E-state index contributed by atoms with van der Waals surface area (Å²) in [5.74, 6) is -0.447. The smallest absolute Gasteiger partial charge is 0.411 e. The van der Waals surface area contributed by atoms with E-state index in [0.29, 0.717) is 11.3 Å². The summed E-state index contributed by atoms with van der Waals surface area (Å²) >= 11 is 0.